The minimum atomic E-state index is -0.549. The number of carbonyl (C=O) groups is 1. The van der Waals surface area contributed by atoms with Crippen LogP contribution < -0.4 is 11.1 Å². The summed E-state index contributed by atoms with van der Waals surface area (Å²) in [4.78, 5) is 12.2. The highest BCUT2D eigenvalue weighted by molar-refractivity contribution is 6.02. The van der Waals surface area contributed by atoms with Gasteiger partial charge in [0.1, 0.15) is 5.92 Å². The second-order valence-corrected chi connectivity index (χ2v) is 5.72. The Morgan fingerprint density at radius 2 is 2.11 bits per heavy atom. The molecule has 0 spiro atoms. The zero-order valence-electron chi connectivity index (χ0n) is 11.5. The third-order valence-corrected chi connectivity index (χ3v) is 3.67. The summed E-state index contributed by atoms with van der Waals surface area (Å²) >= 11 is 0. The van der Waals surface area contributed by atoms with Crippen molar-refractivity contribution in [3.8, 4) is 0 Å². The Bertz CT molecular complexity index is 315. The van der Waals surface area contributed by atoms with Gasteiger partial charge in [-0.2, -0.15) is 0 Å². The molecule has 0 aromatic heterocycles. The molecule has 104 valence electrons. The van der Waals surface area contributed by atoms with Crippen LogP contribution in [0, 0.1) is 17.8 Å². The molecule has 1 fully saturated rings. The van der Waals surface area contributed by atoms with Crippen molar-refractivity contribution < 1.29 is 10.0 Å². The molecule has 5 heteroatoms. The molecular weight excluding hydrogens is 230 g/mol. The van der Waals surface area contributed by atoms with E-state index in [-0.39, 0.29) is 23.7 Å². The summed E-state index contributed by atoms with van der Waals surface area (Å²) in [6, 6.07) is 0.231. The first-order valence-corrected chi connectivity index (χ1v) is 6.73. The van der Waals surface area contributed by atoms with Crippen molar-refractivity contribution in [1.82, 2.24) is 5.32 Å². The van der Waals surface area contributed by atoms with Crippen LogP contribution in [0.4, 0.5) is 0 Å². The van der Waals surface area contributed by atoms with Crippen molar-refractivity contribution in [2.75, 3.05) is 0 Å². The molecule has 1 aliphatic rings. The number of oxime groups is 1. The second-order valence-electron chi connectivity index (χ2n) is 5.72. The quantitative estimate of drug-likeness (QED) is 0.309. The van der Waals surface area contributed by atoms with Crippen LogP contribution in [-0.4, -0.2) is 23.0 Å². The second kappa shape index (κ2) is 6.61. The van der Waals surface area contributed by atoms with E-state index in [2.05, 4.69) is 17.4 Å². The molecule has 1 amide bonds. The number of amidine groups is 1. The molecule has 4 N–H and O–H groups in total. The topological polar surface area (TPSA) is 87.7 Å². The van der Waals surface area contributed by atoms with Crippen molar-refractivity contribution in [2.45, 2.75) is 52.5 Å². The summed E-state index contributed by atoms with van der Waals surface area (Å²) in [7, 11) is 0. The first-order chi connectivity index (χ1) is 8.45. The molecule has 0 heterocycles. The van der Waals surface area contributed by atoms with Gasteiger partial charge in [-0.25, -0.2) is 0 Å². The molecule has 1 saturated carbocycles. The molecule has 5 nitrogen and oxygen atoms in total. The van der Waals surface area contributed by atoms with E-state index in [1.54, 1.807) is 0 Å². The summed E-state index contributed by atoms with van der Waals surface area (Å²) in [5.74, 6) is -0.00897. The lowest BCUT2D eigenvalue weighted by atomic mass is 9.86. The highest BCUT2D eigenvalue weighted by Crippen LogP contribution is 2.24. The molecular formula is C13H25N3O2. The van der Waals surface area contributed by atoms with Crippen LogP contribution in [-0.2, 0) is 4.79 Å². The number of nitrogens with one attached hydrogen (secondary N) is 1. The maximum Gasteiger partial charge on any atom is 0.231 e. The normalized spacial score (nSPS) is 27.0. The molecule has 0 bridgehead atoms. The van der Waals surface area contributed by atoms with Crippen LogP contribution in [0.15, 0.2) is 5.16 Å². The number of rotatable bonds is 4. The van der Waals surface area contributed by atoms with Gasteiger partial charge in [-0.3, -0.25) is 4.79 Å². The number of nitrogens with two attached hydrogens (primary N) is 1. The lowest BCUT2D eigenvalue weighted by molar-refractivity contribution is -0.125. The molecule has 1 rings (SSSR count). The van der Waals surface area contributed by atoms with E-state index in [1.165, 1.54) is 6.42 Å². The van der Waals surface area contributed by atoms with Gasteiger partial charge in [0, 0.05) is 6.04 Å². The van der Waals surface area contributed by atoms with Gasteiger partial charge in [-0.15, -0.1) is 0 Å². The zero-order chi connectivity index (χ0) is 13.7. The van der Waals surface area contributed by atoms with Gasteiger partial charge in [0.2, 0.25) is 5.91 Å². The minimum absolute atomic E-state index is 0.00800. The van der Waals surface area contributed by atoms with Crippen molar-refractivity contribution in [3.05, 3.63) is 0 Å². The largest absolute Gasteiger partial charge is 0.409 e. The standard InChI is InChI=1S/C13H25N3O2/c1-8(2)11(12(14)16-18)13(17)15-10-6-4-5-9(3)7-10/h8-11,18H,4-7H2,1-3H3,(H2,14,16)(H,15,17). The average Bonchev–Trinajstić information content (AvgIpc) is 2.28. The predicted molar refractivity (Wildman–Crippen MR) is 71.3 cm³/mol. The van der Waals surface area contributed by atoms with Crippen LogP contribution >= 0.6 is 0 Å². The van der Waals surface area contributed by atoms with Crippen LogP contribution in [0.3, 0.4) is 0 Å². The SMILES string of the molecule is CC1CCCC(NC(=O)C(/C(N)=N/O)C(C)C)C1. The molecule has 1 aliphatic carbocycles. The summed E-state index contributed by atoms with van der Waals surface area (Å²) in [5.41, 5.74) is 5.59. The Kier molecular flexibility index (Phi) is 5.44. The average molecular weight is 255 g/mol. The highest BCUT2D eigenvalue weighted by atomic mass is 16.4. The molecule has 0 radical (unpaired) electrons. The fourth-order valence-corrected chi connectivity index (χ4v) is 2.70. The number of amides is 1. The van der Waals surface area contributed by atoms with Gasteiger partial charge in [-0.1, -0.05) is 38.8 Å². The van der Waals surface area contributed by atoms with Crippen LogP contribution in [0.5, 0.6) is 0 Å². The van der Waals surface area contributed by atoms with Crippen molar-refractivity contribution in [1.29, 1.82) is 0 Å². The molecule has 0 aromatic rings. The molecule has 3 atom stereocenters. The first-order valence-electron chi connectivity index (χ1n) is 6.73. The monoisotopic (exact) mass is 255 g/mol. The van der Waals surface area contributed by atoms with Gasteiger partial charge in [-0.05, 0) is 24.7 Å². The highest BCUT2D eigenvalue weighted by Gasteiger charge is 2.29. The van der Waals surface area contributed by atoms with Crippen molar-refractivity contribution in [3.63, 3.8) is 0 Å². The van der Waals surface area contributed by atoms with Gasteiger partial charge < -0.3 is 16.3 Å². The predicted octanol–water partition coefficient (Wildman–Crippen LogP) is 1.70. The summed E-state index contributed by atoms with van der Waals surface area (Å²) in [6.07, 6.45) is 4.44. The summed E-state index contributed by atoms with van der Waals surface area (Å²) < 4.78 is 0. The van der Waals surface area contributed by atoms with Gasteiger partial charge in [0.15, 0.2) is 5.84 Å². The van der Waals surface area contributed by atoms with Crippen LogP contribution in [0.1, 0.15) is 46.5 Å². The van der Waals surface area contributed by atoms with Crippen molar-refractivity contribution >= 4 is 11.7 Å². The molecule has 0 aromatic carbocycles. The number of nitrogens with zero attached hydrogens (tertiary/aromatic N) is 1. The fourth-order valence-electron chi connectivity index (χ4n) is 2.70. The third-order valence-electron chi connectivity index (χ3n) is 3.67. The van der Waals surface area contributed by atoms with Crippen LogP contribution in [0.25, 0.3) is 0 Å². The first kappa shape index (κ1) is 14.8. The smallest absolute Gasteiger partial charge is 0.231 e. The number of hydrogen-bond donors (Lipinski definition) is 3. The third kappa shape index (κ3) is 3.89. The van der Waals surface area contributed by atoms with E-state index in [4.69, 9.17) is 10.9 Å². The molecule has 0 saturated heterocycles. The Hall–Kier alpha value is -1.26. The molecule has 3 unspecified atom stereocenters. The summed E-state index contributed by atoms with van der Waals surface area (Å²) in [6.45, 7) is 6.00. The number of hydrogen-bond acceptors (Lipinski definition) is 3. The Morgan fingerprint density at radius 3 is 2.61 bits per heavy atom. The molecule has 0 aliphatic heterocycles. The Balaban J connectivity index is 2.61. The van der Waals surface area contributed by atoms with E-state index in [9.17, 15) is 4.79 Å². The number of carbonyl (C=O) groups excluding carboxylic acids is 1. The minimum Gasteiger partial charge on any atom is -0.409 e. The maximum atomic E-state index is 12.2. The van der Waals surface area contributed by atoms with E-state index >= 15 is 0 Å². The Morgan fingerprint density at radius 1 is 1.44 bits per heavy atom. The lowest BCUT2D eigenvalue weighted by Crippen LogP contribution is -2.46. The maximum absolute atomic E-state index is 12.2. The Labute approximate surface area is 109 Å². The van der Waals surface area contributed by atoms with Crippen molar-refractivity contribution in [2.24, 2.45) is 28.6 Å². The van der Waals surface area contributed by atoms with Crippen LogP contribution in [0.2, 0.25) is 0 Å². The fraction of sp³-hybridized carbons (Fsp3) is 0.846. The lowest BCUT2D eigenvalue weighted by Gasteiger charge is -2.29. The zero-order valence-corrected chi connectivity index (χ0v) is 11.5. The van der Waals surface area contributed by atoms with E-state index in [1.807, 2.05) is 13.8 Å². The van der Waals surface area contributed by atoms with Gasteiger partial charge in [0.05, 0.1) is 0 Å². The van der Waals surface area contributed by atoms with E-state index in [0.29, 0.717) is 5.92 Å². The van der Waals surface area contributed by atoms with Gasteiger partial charge in [0.25, 0.3) is 0 Å². The van der Waals surface area contributed by atoms with E-state index in [0.717, 1.165) is 19.3 Å². The summed E-state index contributed by atoms with van der Waals surface area (Å²) in [5, 5.41) is 14.7. The molecule has 18 heavy (non-hydrogen) atoms. The van der Waals surface area contributed by atoms with E-state index < -0.39 is 5.92 Å². The van der Waals surface area contributed by atoms with Gasteiger partial charge >= 0.3 is 0 Å².